The summed E-state index contributed by atoms with van der Waals surface area (Å²) in [7, 11) is 0. The van der Waals surface area contributed by atoms with Crippen molar-refractivity contribution >= 4 is 17.5 Å². The van der Waals surface area contributed by atoms with E-state index in [1.807, 2.05) is 0 Å². The van der Waals surface area contributed by atoms with Crippen LogP contribution in [0.25, 0.3) is 0 Å². The highest BCUT2D eigenvalue weighted by Crippen LogP contribution is 2.09. The Bertz CT molecular complexity index is 502. The first kappa shape index (κ1) is 14.7. The van der Waals surface area contributed by atoms with Gasteiger partial charge in [-0.2, -0.15) is 0 Å². The van der Waals surface area contributed by atoms with Crippen molar-refractivity contribution in [3.8, 4) is 12.3 Å². The Balaban J connectivity index is 2.64. The van der Waals surface area contributed by atoms with Crippen LogP contribution in [-0.4, -0.2) is 29.6 Å². The predicted octanol–water partition coefficient (Wildman–Crippen LogP) is 0.493. The van der Waals surface area contributed by atoms with Crippen LogP contribution in [0, 0.1) is 12.3 Å². The molecule has 0 spiro atoms. The molecule has 1 aromatic carbocycles. The smallest absolute Gasteiger partial charge is 0.313 e. The molecule has 0 aliphatic rings. The molecule has 3 N–H and O–H groups in total. The Morgan fingerprint density at radius 2 is 2.16 bits per heavy atom. The van der Waals surface area contributed by atoms with E-state index in [-0.39, 0.29) is 6.61 Å². The van der Waals surface area contributed by atoms with Gasteiger partial charge in [0, 0.05) is 11.3 Å². The van der Waals surface area contributed by atoms with Gasteiger partial charge in [-0.1, -0.05) is 18.9 Å². The summed E-state index contributed by atoms with van der Waals surface area (Å²) in [5, 5.41) is 13.8. The third-order valence-corrected chi connectivity index (χ3v) is 2.54. The standard InChI is InChI=1S/C14H16N2O3/c1-3-10-6-5-7-12(8-10)16-14(19)13(18)15-11(4-2)9-17/h1,5-8,11,17H,4,9H2,2H3,(H,15,18)(H,16,19). The van der Waals surface area contributed by atoms with Crippen molar-refractivity contribution in [2.45, 2.75) is 19.4 Å². The van der Waals surface area contributed by atoms with E-state index in [1.165, 1.54) is 0 Å². The third kappa shape index (κ3) is 4.45. The molecule has 1 unspecified atom stereocenters. The molecular weight excluding hydrogens is 244 g/mol. The van der Waals surface area contributed by atoms with Crippen LogP contribution in [0.5, 0.6) is 0 Å². The first-order chi connectivity index (χ1) is 9.10. The number of rotatable bonds is 4. The average Bonchev–Trinajstić information content (AvgIpc) is 2.44. The average molecular weight is 260 g/mol. The van der Waals surface area contributed by atoms with Crippen LogP contribution >= 0.6 is 0 Å². The van der Waals surface area contributed by atoms with Crippen LogP contribution in [0.2, 0.25) is 0 Å². The lowest BCUT2D eigenvalue weighted by Gasteiger charge is -2.13. The Hall–Kier alpha value is -2.32. The van der Waals surface area contributed by atoms with Crippen LogP contribution in [0.3, 0.4) is 0 Å². The van der Waals surface area contributed by atoms with Gasteiger partial charge in [0.1, 0.15) is 0 Å². The van der Waals surface area contributed by atoms with Crippen LogP contribution in [0.1, 0.15) is 18.9 Å². The quantitative estimate of drug-likeness (QED) is 0.544. The summed E-state index contributed by atoms with van der Waals surface area (Å²) in [6.07, 6.45) is 5.79. The molecule has 1 rings (SSSR count). The van der Waals surface area contributed by atoms with Gasteiger partial charge >= 0.3 is 11.8 Å². The fourth-order valence-corrected chi connectivity index (χ4v) is 1.40. The Morgan fingerprint density at radius 3 is 2.74 bits per heavy atom. The van der Waals surface area contributed by atoms with Crippen molar-refractivity contribution in [2.75, 3.05) is 11.9 Å². The number of anilines is 1. The summed E-state index contributed by atoms with van der Waals surface area (Å²) < 4.78 is 0. The lowest BCUT2D eigenvalue weighted by molar-refractivity contribution is -0.136. The largest absolute Gasteiger partial charge is 0.394 e. The lowest BCUT2D eigenvalue weighted by Crippen LogP contribution is -2.43. The van der Waals surface area contributed by atoms with Crippen LogP contribution in [-0.2, 0) is 9.59 Å². The molecule has 5 nitrogen and oxygen atoms in total. The van der Waals surface area contributed by atoms with E-state index in [0.717, 1.165) is 0 Å². The topological polar surface area (TPSA) is 78.4 Å². The Kier molecular flexibility index (Phi) is 5.58. The van der Waals surface area contributed by atoms with Crippen molar-refractivity contribution in [1.29, 1.82) is 0 Å². The maximum atomic E-state index is 11.6. The number of carbonyl (C=O) groups is 2. The summed E-state index contributed by atoms with van der Waals surface area (Å²) in [5.41, 5.74) is 1.06. The molecule has 1 aromatic rings. The molecule has 2 amide bonds. The minimum atomic E-state index is -0.791. The van der Waals surface area contributed by atoms with Crippen molar-refractivity contribution in [3.05, 3.63) is 29.8 Å². The summed E-state index contributed by atoms with van der Waals surface area (Å²) in [4.78, 5) is 23.2. The zero-order valence-corrected chi connectivity index (χ0v) is 10.6. The zero-order chi connectivity index (χ0) is 14.3. The molecule has 100 valence electrons. The molecule has 0 heterocycles. The van der Waals surface area contributed by atoms with Gasteiger partial charge in [0.05, 0.1) is 12.6 Å². The second-order valence-electron chi connectivity index (χ2n) is 3.94. The van der Waals surface area contributed by atoms with Gasteiger partial charge < -0.3 is 15.7 Å². The molecular formula is C14H16N2O3. The summed E-state index contributed by atoms with van der Waals surface area (Å²) in [5.74, 6) is 0.860. The SMILES string of the molecule is C#Cc1cccc(NC(=O)C(=O)NC(CC)CO)c1. The Morgan fingerprint density at radius 1 is 1.42 bits per heavy atom. The molecule has 0 aliphatic carbocycles. The lowest BCUT2D eigenvalue weighted by atomic mass is 10.2. The van der Waals surface area contributed by atoms with Crippen LogP contribution in [0.15, 0.2) is 24.3 Å². The first-order valence-electron chi connectivity index (χ1n) is 5.90. The molecule has 0 radical (unpaired) electrons. The van der Waals surface area contributed by atoms with Crippen molar-refractivity contribution in [1.82, 2.24) is 5.32 Å². The molecule has 19 heavy (non-hydrogen) atoms. The van der Waals surface area contributed by atoms with Crippen molar-refractivity contribution < 1.29 is 14.7 Å². The third-order valence-electron chi connectivity index (χ3n) is 2.54. The summed E-state index contributed by atoms with van der Waals surface area (Å²) in [6, 6.07) is 6.21. The molecule has 0 bridgehead atoms. The van der Waals surface area contributed by atoms with Gasteiger partial charge in [0.15, 0.2) is 0 Å². The fourth-order valence-electron chi connectivity index (χ4n) is 1.40. The number of benzene rings is 1. The van der Waals surface area contributed by atoms with Crippen molar-refractivity contribution in [2.24, 2.45) is 0 Å². The molecule has 0 saturated carbocycles. The van der Waals surface area contributed by atoms with Gasteiger partial charge in [-0.05, 0) is 24.6 Å². The minimum absolute atomic E-state index is 0.206. The van der Waals surface area contributed by atoms with Crippen LogP contribution in [0.4, 0.5) is 5.69 Å². The van der Waals surface area contributed by atoms with E-state index < -0.39 is 17.9 Å². The molecule has 5 heteroatoms. The first-order valence-corrected chi connectivity index (χ1v) is 5.90. The van der Waals surface area contributed by atoms with Crippen LogP contribution < -0.4 is 10.6 Å². The maximum Gasteiger partial charge on any atom is 0.313 e. The van der Waals surface area contributed by atoms with E-state index in [2.05, 4.69) is 16.6 Å². The second-order valence-corrected chi connectivity index (χ2v) is 3.94. The predicted molar refractivity (Wildman–Crippen MR) is 72.3 cm³/mol. The van der Waals surface area contributed by atoms with Crippen molar-refractivity contribution in [3.63, 3.8) is 0 Å². The monoisotopic (exact) mass is 260 g/mol. The molecule has 0 saturated heterocycles. The Labute approximate surface area is 112 Å². The summed E-state index contributed by atoms with van der Waals surface area (Å²) in [6.45, 7) is 1.59. The normalized spacial score (nSPS) is 11.2. The molecule has 1 atom stereocenters. The maximum absolute atomic E-state index is 11.6. The van der Waals surface area contributed by atoms with Gasteiger partial charge in [-0.25, -0.2) is 0 Å². The summed E-state index contributed by atoms with van der Waals surface area (Å²) >= 11 is 0. The van der Waals surface area contributed by atoms with E-state index in [9.17, 15) is 9.59 Å². The number of nitrogens with one attached hydrogen (secondary N) is 2. The zero-order valence-electron chi connectivity index (χ0n) is 10.6. The van der Waals surface area contributed by atoms with E-state index in [0.29, 0.717) is 17.7 Å². The minimum Gasteiger partial charge on any atom is -0.394 e. The van der Waals surface area contributed by atoms with E-state index >= 15 is 0 Å². The highest BCUT2D eigenvalue weighted by Gasteiger charge is 2.17. The highest BCUT2D eigenvalue weighted by atomic mass is 16.3. The number of carbonyl (C=O) groups excluding carboxylic acids is 2. The van der Waals surface area contributed by atoms with Gasteiger partial charge in [0.2, 0.25) is 0 Å². The molecule has 0 aliphatic heterocycles. The molecule has 0 fully saturated rings. The fraction of sp³-hybridized carbons (Fsp3) is 0.286. The number of aliphatic hydroxyl groups is 1. The highest BCUT2D eigenvalue weighted by molar-refractivity contribution is 6.39. The van der Waals surface area contributed by atoms with E-state index in [4.69, 9.17) is 11.5 Å². The number of hydrogen-bond acceptors (Lipinski definition) is 3. The molecule has 0 aromatic heterocycles. The number of terminal acetylenes is 1. The second kappa shape index (κ2) is 7.19. The van der Waals surface area contributed by atoms with Gasteiger partial charge in [0.25, 0.3) is 0 Å². The van der Waals surface area contributed by atoms with E-state index in [1.54, 1.807) is 31.2 Å². The number of amides is 2. The van der Waals surface area contributed by atoms with Gasteiger partial charge in [-0.15, -0.1) is 6.42 Å². The number of hydrogen-bond donors (Lipinski definition) is 3. The number of aliphatic hydroxyl groups excluding tert-OH is 1. The van der Waals surface area contributed by atoms with Gasteiger partial charge in [-0.3, -0.25) is 9.59 Å².